The minimum Gasteiger partial charge on any atom is -0.396 e. The first kappa shape index (κ1) is 21.0. The summed E-state index contributed by atoms with van der Waals surface area (Å²) in [6, 6.07) is 15.3. The van der Waals surface area contributed by atoms with E-state index in [-0.39, 0.29) is 22.9 Å². The molecule has 1 aliphatic heterocycles. The van der Waals surface area contributed by atoms with Gasteiger partial charge in [0.25, 0.3) is 0 Å². The highest BCUT2D eigenvalue weighted by molar-refractivity contribution is 6.32. The molecule has 0 radical (unpaired) electrons. The van der Waals surface area contributed by atoms with Crippen molar-refractivity contribution in [1.29, 1.82) is 0 Å². The second-order valence-electron chi connectivity index (χ2n) is 8.29. The van der Waals surface area contributed by atoms with Crippen LogP contribution >= 0.6 is 0 Å². The van der Waals surface area contributed by atoms with E-state index in [0.29, 0.717) is 47.7 Å². The SMILES string of the molecule is CCNc1cc(N2CCN(c3ccc(F)cc3)CC2)c(N)c2c1C(=O)c1ccccc1C2=O. The Hall–Kier alpha value is -3.87. The molecule has 0 unspecified atom stereocenters. The molecule has 1 heterocycles. The first-order chi connectivity index (χ1) is 16.0. The number of benzene rings is 3. The summed E-state index contributed by atoms with van der Waals surface area (Å²) in [4.78, 5) is 31.1. The predicted octanol–water partition coefficient (Wildman–Crippen LogP) is 3.94. The number of nitrogens with two attached hydrogens (primary N) is 1. The summed E-state index contributed by atoms with van der Waals surface area (Å²) in [5, 5.41) is 3.26. The fourth-order valence-electron chi connectivity index (χ4n) is 4.75. The van der Waals surface area contributed by atoms with Crippen molar-refractivity contribution in [2.24, 2.45) is 0 Å². The van der Waals surface area contributed by atoms with Crippen molar-refractivity contribution in [3.8, 4) is 0 Å². The highest BCUT2D eigenvalue weighted by Crippen LogP contribution is 2.41. The van der Waals surface area contributed by atoms with E-state index in [2.05, 4.69) is 15.1 Å². The Kier molecular flexibility index (Phi) is 5.24. The van der Waals surface area contributed by atoms with Gasteiger partial charge in [-0.25, -0.2) is 4.39 Å². The molecule has 3 N–H and O–H groups in total. The van der Waals surface area contributed by atoms with Gasteiger partial charge in [0.2, 0.25) is 0 Å². The normalized spacial score (nSPS) is 15.3. The highest BCUT2D eigenvalue weighted by Gasteiger charge is 2.35. The van der Waals surface area contributed by atoms with Gasteiger partial charge < -0.3 is 20.9 Å². The van der Waals surface area contributed by atoms with E-state index >= 15 is 0 Å². The summed E-state index contributed by atoms with van der Waals surface area (Å²) in [6.45, 7) is 5.39. The molecule has 0 atom stereocenters. The molecular formula is C26H25FN4O2. The van der Waals surface area contributed by atoms with Gasteiger partial charge in [-0.2, -0.15) is 0 Å². The number of ketones is 2. The summed E-state index contributed by atoms with van der Waals surface area (Å²) in [6.07, 6.45) is 0. The topological polar surface area (TPSA) is 78.7 Å². The van der Waals surface area contributed by atoms with E-state index in [1.165, 1.54) is 12.1 Å². The van der Waals surface area contributed by atoms with E-state index in [1.54, 1.807) is 36.4 Å². The minimum absolute atomic E-state index is 0.185. The first-order valence-electron chi connectivity index (χ1n) is 11.1. The quantitative estimate of drug-likeness (QED) is 0.464. The van der Waals surface area contributed by atoms with Crippen LogP contribution in [0.25, 0.3) is 0 Å². The third-order valence-corrected chi connectivity index (χ3v) is 6.40. The summed E-state index contributed by atoms with van der Waals surface area (Å²) in [5.74, 6) is -0.657. The number of anilines is 4. The van der Waals surface area contributed by atoms with Crippen molar-refractivity contribution < 1.29 is 14.0 Å². The third-order valence-electron chi connectivity index (χ3n) is 6.40. The standard InChI is InChI=1S/C26H25FN4O2/c1-2-29-20-15-21(31-13-11-30(12-14-31)17-9-7-16(27)8-10-17)24(28)23-22(20)25(32)18-5-3-4-6-19(18)26(23)33/h3-10,15,29H,2,11-14,28H2,1H3. The van der Waals surface area contributed by atoms with Crippen LogP contribution in [-0.2, 0) is 0 Å². The van der Waals surface area contributed by atoms with Crippen LogP contribution in [0.1, 0.15) is 38.8 Å². The van der Waals surface area contributed by atoms with Crippen molar-refractivity contribution in [3.05, 3.63) is 82.7 Å². The lowest BCUT2D eigenvalue weighted by Gasteiger charge is -2.38. The van der Waals surface area contributed by atoms with E-state index < -0.39 is 0 Å². The molecule has 2 aliphatic rings. The highest BCUT2D eigenvalue weighted by atomic mass is 19.1. The van der Waals surface area contributed by atoms with E-state index in [9.17, 15) is 14.0 Å². The molecule has 7 heteroatoms. The zero-order valence-electron chi connectivity index (χ0n) is 18.4. The molecule has 1 aliphatic carbocycles. The average Bonchev–Trinajstić information content (AvgIpc) is 2.84. The van der Waals surface area contributed by atoms with Crippen LogP contribution in [0, 0.1) is 5.82 Å². The van der Waals surface area contributed by atoms with Gasteiger partial charge in [0, 0.05) is 55.2 Å². The molecule has 1 fully saturated rings. The molecule has 33 heavy (non-hydrogen) atoms. The number of rotatable bonds is 4. The van der Waals surface area contributed by atoms with Crippen LogP contribution in [-0.4, -0.2) is 44.3 Å². The number of carbonyl (C=O) groups excluding carboxylic acids is 2. The maximum Gasteiger partial charge on any atom is 0.196 e. The van der Waals surface area contributed by atoms with Crippen molar-refractivity contribution >= 4 is 34.3 Å². The molecule has 6 nitrogen and oxygen atoms in total. The summed E-state index contributed by atoms with van der Waals surface area (Å²) in [5.41, 5.74) is 10.7. The molecule has 3 aromatic carbocycles. The van der Waals surface area contributed by atoms with Crippen molar-refractivity contribution in [3.63, 3.8) is 0 Å². The number of nitrogen functional groups attached to an aromatic ring is 1. The van der Waals surface area contributed by atoms with Gasteiger partial charge in [-0.3, -0.25) is 9.59 Å². The number of fused-ring (bicyclic) bond motifs is 2. The molecular weight excluding hydrogens is 419 g/mol. The number of hydrogen-bond acceptors (Lipinski definition) is 6. The van der Waals surface area contributed by atoms with Gasteiger partial charge in [-0.15, -0.1) is 0 Å². The van der Waals surface area contributed by atoms with Gasteiger partial charge in [0.15, 0.2) is 11.6 Å². The van der Waals surface area contributed by atoms with E-state index in [1.807, 2.05) is 13.0 Å². The van der Waals surface area contributed by atoms with Crippen LogP contribution in [0.2, 0.25) is 0 Å². The molecule has 5 rings (SSSR count). The second-order valence-corrected chi connectivity index (χ2v) is 8.29. The number of halogens is 1. The smallest absolute Gasteiger partial charge is 0.196 e. The van der Waals surface area contributed by atoms with Crippen LogP contribution in [0.5, 0.6) is 0 Å². The maximum atomic E-state index is 13.4. The van der Waals surface area contributed by atoms with Crippen molar-refractivity contribution in [2.75, 3.05) is 53.6 Å². The Balaban J connectivity index is 1.51. The van der Waals surface area contributed by atoms with Gasteiger partial charge in [-0.1, -0.05) is 24.3 Å². The number of hydrogen-bond donors (Lipinski definition) is 2. The summed E-state index contributed by atoms with van der Waals surface area (Å²) < 4.78 is 13.3. The largest absolute Gasteiger partial charge is 0.396 e. The van der Waals surface area contributed by atoms with E-state index in [4.69, 9.17) is 5.73 Å². The lowest BCUT2D eigenvalue weighted by atomic mass is 9.81. The maximum absolute atomic E-state index is 13.4. The minimum atomic E-state index is -0.254. The molecule has 0 aromatic heterocycles. The summed E-state index contributed by atoms with van der Waals surface area (Å²) in [7, 11) is 0. The lowest BCUT2D eigenvalue weighted by molar-refractivity contribution is 0.0980. The molecule has 0 saturated carbocycles. The van der Waals surface area contributed by atoms with Crippen LogP contribution < -0.4 is 20.9 Å². The van der Waals surface area contributed by atoms with Gasteiger partial charge in [0.1, 0.15) is 5.82 Å². The Morgan fingerprint density at radius 2 is 1.45 bits per heavy atom. The molecule has 0 amide bonds. The molecule has 0 bridgehead atoms. The second kappa shape index (κ2) is 8.24. The molecule has 0 spiro atoms. The Morgan fingerprint density at radius 1 is 0.879 bits per heavy atom. The van der Waals surface area contributed by atoms with Crippen LogP contribution in [0.4, 0.5) is 27.1 Å². The number of carbonyl (C=O) groups is 2. The summed E-state index contributed by atoms with van der Waals surface area (Å²) >= 11 is 0. The fourth-order valence-corrected chi connectivity index (χ4v) is 4.75. The molecule has 1 saturated heterocycles. The molecule has 168 valence electrons. The lowest BCUT2D eigenvalue weighted by Crippen LogP contribution is -2.47. The predicted molar refractivity (Wildman–Crippen MR) is 129 cm³/mol. The Labute approximate surface area is 191 Å². The zero-order valence-corrected chi connectivity index (χ0v) is 18.4. The Bertz CT molecular complexity index is 1250. The monoisotopic (exact) mass is 444 g/mol. The Morgan fingerprint density at radius 3 is 2.06 bits per heavy atom. The van der Waals surface area contributed by atoms with Gasteiger partial charge in [-0.05, 0) is 37.3 Å². The fraction of sp³-hybridized carbons (Fsp3) is 0.231. The number of nitrogens with one attached hydrogen (secondary N) is 1. The average molecular weight is 445 g/mol. The van der Waals surface area contributed by atoms with Gasteiger partial charge in [0.05, 0.1) is 22.5 Å². The zero-order chi connectivity index (χ0) is 23.1. The first-order valence-corrected chi connectivity index (χ1v) is 11.1. The van der Waals surface area contributed by atoms with Crippen LogP contribution in [0.15, 0.2) is 54.6 Å². The van der Waals surface area contributed by atoms with E-state index in [0.717, 1.165) is 24.5 Å². The van der Waals surface area contributed by atoms with Gasteiger partial charge >= 0.3 is 0 Å². The number of piperazine rings is 1. The number of nitrogens with zero attached hydrogens (tertiary/aromatic N) is 2. The third kappa shape index (κ3) is 3.50. The molecule has 3 aromatic rings. The van der Waals surface area contributed by atoms with Crippen molar-refractivity contribution in [2.45, 2.75) is 6.92 Å². The van der Waals surface area contributed by atoms with Crippen LogP contribution in [0.3, 0.4) is 0 Å². The van der Waals surface area contributed by atoms with Crippen molar-refractivity contribution in [1.82, 2.24) is 0 Å².